The van der Waals surface area contributed by atoms with Gasteiger partial charge in [-0.25, -0.2) is 13.4 Å². The second kappa shape index (κ2) is 7.77. The summed E-state index contributed by atoms with van der Waals surface area (Å²) < 4.78 is 26.9. The van der Waals surface area contributed by atoms with Crippen LogP contribution in [0.4, 0.5) is 11.5 Å². The van der Waals surface area contributed by atoms with E-state index in [1.54, 1.807) is 42.5 Å². The van der Waals surface area contributed by atoms with Crippen LogP contribution in [0.15, 0.2) is 77.8 Å². The number of carbonyl (C=O) groups excluding carboxylic acids is 1. The second-order valence-corrected chi connectivity index (χ2v) is 8.06. The number of rotatable bonds is 5. The molecule has 0 aliphatic carbocycles. The number of nitrogens with zero attached hydrogens (tertiary/aromatic N) is 2. The highest BCUT2D eigenvalue weighted by Crippen LogP contribution is 2.22. The lowest BCUT2D eigenvalue weighted by molar-refractivity contribution is 0.102. The smallest absolute Gasteiger partial charge is 0.264 e. The molecule has 8 heteroatoms. The first kappa shape index (κ1) is 18.9. The predicted octanol–water partition coefficient (Wildman–Crippen LogP) is 3.81. The molecule has 1 N–H and O–H groups in total. The van der Waals surface area contributed by atoms with Crippen LogP contribution < -0.4 is 9.62 Å². The number of aromatic nitrogens is 1. The zero-order valence-corrected chi connectivity index (χ0v) is 15.9. The summed E-state index contributed by atoms with van der Waals surface area (Å²) in [7, 11) is -2.34. The van der Waals surface area contributed by atoms with Gasteiger partial charge in [0.1, 0.15) is 5.82 Å². The summed E-state index contributed by atoms with van der Waals surface area (Å²) in [5.74, 6) is -0.150. The molecule has 6 nitrogen and oxygen atoms in total. The average molecular weight is 402 g/mol. The number of amides is 1. The van der Waals surface area contributed by atoms with Crippen molar-refractivity contribution in [3.8, 4) is 0 Å². The molecule has 3 aromatic rings. The summed E-state index contributed by atoms with van der Waals surface area (Å²) >= 11 is 5.77. The Morgan fingerprint density at radius 2 is 1.78 bits per heavy atom. The zero-order valence-electron chi connectivity index (χ0n) is 14.3. The van der Waals surface area contributed by atoms with Gasteiger partial charge in [0.15, 0.2) is 0 Å². The van der Waals surface area contributed by atoms with Crippen molar-refractivity contribution in [3.05, 3.63) is 83.5 Å². The topological polar surface area (TPSA) is 79.4 Å². The Morgan fingerprint density at radius 1 is 1.04 bits per heavy atom. The lowest BCUT2D eigenvalue weighted by Gasteiger charge is -2.19. The quantitative estimate of drug-likeness (QED) is 0.705. The van der Waals surface area contributed by atoms with Gasteiger partial charge in [0, 0.05) is 18.8 Å². The molecule has 0 saturated carbocycles. The van der Waals surface area contributed by atoms with E-state index in [1.807, 2.05) is 0 Å². The van der Waals surface area contributed by atoms with Crippen LogP contribution >= 0.6 is 11.6 Å². The minimum atomic E-state index is -3.81. The van der Waals surface area contributed by atoms with Gasteiger partial charge < -0.3 is 5.32 Å². The van der Waals surface area contributed by atoms with Gasteiger partial charge in [0.2, 0.25) is 0 Å². The molecule has 0 bridgehead atoms. The van der Waals surface area contributed by atoms with Gasteiger partial charge >= 0.3 is 0 Å². The lowest BCUT2D eigenvalue weighted by Crippen LogP contribution is -2.26. The number of nitrogens with one attached hydrogen (secondary N) is 1. The monoisotopic (exact) mass is 401 g/mol. The summed E-state index contributed by atoms with van der Waals surface area (Å²) in [6.07, 6.45) is 1.41. The molecule has 0 unspecified atom stereocenters. The minimum Gasteiger partial charge on any atom is -0.307 e. The molecule has 3 rings (SSSR count). The van der Waals surface area contributed by atoms with Gasteiger partial charge in [0.25, 0.3) is 15.9 Å². The van der Waals surface area contributed by atoms with E-state index in [9.17, 15) is 13.2 Å². The highest BCUT2D eigenvalue weighted by molar-refractivity contribution is 7.92. The number of hydrogen-bond donors (Lipinski definition) is 1. The molecule has 1 heterocycles. The van der Waals surface area contributed by atoms with Crippen molar-refractivity contribution in [1.82, 2.24) is 4.98 Å². The molecular weight excluding hydrogens is 386 g/mol. The first-order valence-corrected chi connectivity index (χ1v) is 9.77. The fourth-order valence-corrected chi connectivity index (χ4v) is 3.72. The molecular formula is C19H16ClN3O3S. The van der Waals surface area contributed by atoms with Crippen molar-refractivity contribution < 1.29 is 13.2 Å². The fourth-order valence-electron chi connectivity index (χ4n) is 2.37. The van der Waals surface area contributed by atoms with Crippen LogP contribution in [0.1, 0.15) is 10.4 Å². The van der Waals surface area contributed by atoms with E-state index in [2.05, 4.69) is 10.3 Å². The number of para-hydroxylation sites is 1. The summed E-state index contributed by atoms with van der Waals surface area (Å²) in [6.45, 7) is 0. The maximum atomic E-state index is 12.9. The molecule has 27 heavy (non-hydrogen) atoms. The van der Waals surface area contributed by atoms with E-state index in [4.69, 9.17) is 11.6 Å². The third kappa shape index (κ3) is 4.27. The highest BCUT2D eigenvalue weighted by Gasteiger charge is 2.22. The molecule has 1 amide bonds. The predicted molar refractivity (Wildman–Crippen MR) is 106 cm³/mol. The summed E-state index contributed by atoms with van der Waals surface area (Å²) in [6, 6.07) is 17.7. The fraction of sp³-hybridized carbons (Fsp3) is 0.0526. The van der Waals surface area contributed by atoms with E-state index in [-0.39, 0.29) is 10.5 Å². The van der Waals surface area contributed by atoms with Gasteiger partial charge in [-0.2, -0.15) is 0 Å². The van der Waals surface area contributed by atoms with E-state index in [1.165, 1.54) is 41.8 Å². The maximum absolute atomic E-state index is 12.9. The molecule has 0 saturated heterocycles. The Bertz CT molecular complexity index is 1060. The molecule has 0 aliphatic heterocycles. The van der Waals surface area contributed by atoms with Crippen LogP contribution in [-0.2, 0) is 10.0 Å². The van der Waals surface area contributed by atoms with Crippen LogP contribution in [0, 0.1) is 0 Å². The number of carbonyl (C=O) groups is 1. The second-order valence-electron chi connectivity index (χ2n) is 5.65. The van der Waals surface area contributed by atoms with Crippen molar-refractivity contribution in [3.63, 3.8) is 0 Å². The van der Waals surface area contributed by atoms with Crippen LogP contribution in [0.25, 0.3) is 0 Å². The number of benzene rings is 2. The molecule has 0 atom stereocenters. The Balaban J connectivity index is 1.86. The Morgan fingerprint density at radius 3 is 2.44 bits per heavy atom. The van der Waals surface area contributed by atoms with Crippen molar-refractivity contribution in [2.24, 2.45) is 0 Å². The van der Waals surface area contributed by atoms with Crippen molar-refractivity contribution >= 4 is 39.0 Å². The normalized spacial score (nSPS) is 11.0. The van der Waals surface area contributed by atoms with E-state index >= 15 is 0 Å². The molecule has 0 fully saturated rings. The molecule has 1 aromatic heterocycles. The number of anilines is 2. The number of pyridine rings is 1. The Hall–Kier alpha value is -2.90. The third-order valence-electron chi connectivity index (χ3n) is 3.84. The summed E-state index contributed by atoms with van der Waals surface area (Å²) in [5, 5.41) is 3.06. The first-order valence-electron chi connectivity index (χ1n) is 7.95. The SMILES string of the molecule is CN(c1ccccc1)S(=O)(=O)c1cccc(C(=O)Nc2ccc(Cl)cn2)c1. The van der Waals surface area contributed by atoms with Gasteiger partial charge in [-0.3, -0.25) is 9.10 Å². The third-order valence-corrected chi connectivity index (χ3v) is 5.85. The summed E-state index contributed by atoms with van der Waals surface area (Å²) in [4.78, 5) is 16.4. The van der Waals surface area contributed by atoms with Crippen LogP contribution in [0.2, 0.25) is 5.02 Å². The molecule has 2 aromatic carbocycles. The number of sulfonamides is 1. The zero-order chi connectivity index (χ0) is 19.4. The van der Waals surface area contributed by atoms with Crippen molar-refractivity contribution in [2.75, 3.05) is 16.7 Å². The molecule has 0 aliphatic rings. The summed E-state index contributed by atoms with van der Waals surface area (Å²) in [5.41, 5.74) is 0.729. The van der Waals surface area contributed by atoms with Gasteiger partial charge in [-0.15, -0.1) is 0 Å². The standard InChI is InChI=1S/C19H16ClN3O3S/c1-23(16-7-3-2-4-8-16)27(25,26)17-9-5-6-14(12-17)19(24)22-18-11-10-15(20)13-21-18/h2-13H,1H3,(H,21,22,24). The molecule has 0 radical (unpaired) electrons. The van der Waals surface area contributed by atoms with Crippen molar-refractivity contribution in [1.29, 1.82) is 0 Å². The largest absolute Gasteiger partial charge is 0.307 e. The Kier molecular flexibility index (Phi) is 5.43. The average Bonchev–Trinajstić information content (AvgIpc) is 2.70. The maximum Gasteiger partial charge on any atom is 0.264 e. The molecule has 138 valence electrons. The number of hydrogen-bond acceptors (Lipinski definition) is 4. The van der Waals surface area contributed by atoms with Gasteiger partial charge in [-0.05, 0) is 42.5 Å². The van der Waals surface area contributed by atoms with Crippen LogP contribution in [-0.4, -0.2) is 26.4 Å². The Labute approximate surface area is 162 Å². The van der Waals surface area contributed by atoms with Crippen molar-refractivity contribution in [2.45, 2.75) is 4.90 Å². The first-order chi connectivity index (χ1) is 12.9. The molecule has 0 spiro atoms. The van der Waals surface area contributed by atoms with E-state index in [0.717, 1.165) is 0 Å². The number of halogens is 1. The van der Waals surface area contributed by atoms with Gasteiger partial charge in [0.05, 0.1) is 15.6 Å². The van der Waals surface area contributed by atoms with Crippen LogP contribution in [0.5, 0.6) is 0 Å². The minimum absolute atomic E-state index is 0.0190. The highest BCUT2D eigenvalue weighted by atomic mass is 35.5. The lowest BCUT2D eigenvalue weighted by atomic mass is 10.2. The van der Waals surface area contributed by atoms with E-state index in [0.29, 0.717) is 16.5 Å². The van der Waals surface area contributed by atoms with Crippen LogP contribution in [0.3, 0.4) is 0 Å². The van der Waals surface area contributed by atoms with Gasteiger partial charge in [-0.1, -0.05) is 35.9 Å². The van der Waals surface area contributed by atoms with E-state index < -0.39 is 15.9 Å².